The minimum Gasteiger partial charge on any atom is -0.444 e. The van der Waals surface area contributed by atoms with Gasteiger partial charge < -0.3 is 19.4 Å². The molecule has 118 valence electrons. The third-order valence-corrected chi connectivity index (χ3v) is 3.38. The lowest BCUT2D eigenvalue weighted by molar-refractivity contribution is 0.0528. The highest BCUT2D eigenvalue weighted by Gasteiger charge is 2.18. The molecule has 1 aromatic rings. The molecule has 1 amide bonds. The summed E-state index contributed by atoms with van der Waals surface area (Å²) in [6.07, 6.45) is 6.15. The van der Waals surface area contributed by atoms with Gasteiger partial charge in [0.15, 0.2) is 0 Å². The summed E-state index contributed by atoms with van der Waals surface area (Å²) >= 11 is 0. The summed E-state index contributed by atoms with van der Waals surface area (Å²) in [6, 6.07) is 0.456. The Labute approximate surface area is 125 Å². The monoisotopic (exact) mass is 295 g/mol. The normalized spacial score (nSPS) is 16.7. The van der Waals surface area contributed by atoms with E-state index in [9.17, 15) is 4.79 Å². The van der Waals surface area contributed by atoms with Gasteiger partial charge in [0.25, 0.3) is 0 Å². The molecule has 1 fully saturated rings. The fraction of sp³-hybridized carbons (Fsp3) is 0.733. The third-order valence-electron chi connectivity index (χ3n) is 3.38. The lowest BCUT2D eigenvalue weighted by atomic mass is 10.1. The first-order valence-corrected chi connectivity index (χ1v) is 7.51. The van der Waals surface area contributed by atoms with E-state index >= 15 is 0 Å². The van der Waals surface area contributed by atoms with Crippen LogP contribution in [-0.4, -0.2) is 41.0 Å². The highest BCUT2D eigenvalue weighted by molar-refractivity contribution is 5.67. The van der Waals surface area contributed by atoms with Crippen molar-refractivity contribution in [2.45, 2.75) is 51.7 Å². The Morgan fingerprint density at radius 2 is 2.19 bits per heavy atom. The molecule has 1 aliphatic rings. The van der Waals surface area contributed by atoms with E-state index in [1.165, 1.54) is 0 Å². The van der Waals surface area contributed by atoms with Crippen LogP contribution in [0.2, 0.25) is 0 Å². The largest absolute Gasteiger partial charge is 0.444 e. The summed E-state index contributed by atoms with van der Waals surface area (Å²) in [5.74, 6) is 0. The average molecular weight is 295 g/mol. The van der Waals surface area contributed by atoms with Crippen LogP contribution in [-0.2, 0) is 15.9 Å². The van der Waals surface area contributed by atoms with Gasteiger partial charge in [-0.15, -0.1) is 0 Å². The second-order valence-corrected chi connectivity index (χ2v) is 6.31. The number of nitrogens with zero attached hydrogens (tertiary/aromatic N) is 2. The summed E-state index contributed by atoms with van der Waals surface area (Å²) in [6.45, 7) is 7.72. The van der Waals surface area contributed by atoms with Crippen molar-refractivity contribution >= 4 is 6.09 Å². The van der Waals surface area contributed by atoms with Crippen molar-refractivity contribution in [1.29, 1.82) is 0 Å². The molecule has 0 aromatic carbocycles. The van der Waals surface area contributed by atoms with Gasteiger partial charge in [0.2, 0.25) is 0 Å². The van der Waals surface area contributed by atoms with Gasteiger partial charge in [-0.25, -0.2) is 9.78 Å². The summed E-state index contributed by atoms with van der Waals surface area (Å²) in [7, 11) is 0. The fourth-order valence-electron chi connectivity index (χ4n) is 2.42. The zero-order chi connectivity index (χ0) is 15.3. The fourth-order valence-corrected chi connectivity index (χ4v) is 2.42. The number of aromatic nitrogens is 2. The third kappa shape index (κ3) is 5.04. The molecule has 0 atom stereocenters. The molecule has 0 aliphatic carbocycles. The molecule has 6 heteroatoms. The topological polar surface area (TPSA) is 65.4 Å². The molecule has 0 bridgehead atoms. The lowest BCUT2D eigenvalue weighted by Crippen LogP contribution is -2.33. The maximum Gasteiger partial charge on any atom is 0.407 e. The first-order valence-electron chi connectivity index (χ1n) is 7.51. The maximum atomic E-state index is 11.6. The molecule has 0 radical (unpaired) electrons. The van der Waals surface area contributed by atoms with Crippen LogP contribution in [0.3, 0.4) is 0 Å². The molecule has 1 aliphatic heterocycles. The van der Waals surface area contributed by atoms with Crippen molar-refractivity contribution in [3.8, 4) is 0 Å². The van der Waals surface area contributed by atoms with E-state index in [1.807, 2.05) is 33.3 Å². The standard InChI is InChI=1S/C15H25N3O3/c1-15(2,3)21-14(19)17-7-4-13-10-16-11-18(13)12-5-8-20-9-6-12/h10-12H,4-9H2,1-3H3,(H,17,19). The van der Waals surface area contributed by atoms with E-state index in [-0.39, 0.29) is 6.09 Å². The quantitative estimate of drug-likeness (QED) is 0.925. The van der Waals surface area contributed by atoms with E-state index in [2.05, 4.69) is 14.9 Å². The van der Waals surface area contributed by atoms with Gasteiger partial charge in [-0.1, -0.05) is 0 Å². The summed E-state index contributed by atoms with van der Waals surface area (Å²) in [5, 5.41) is 2.78. The zero-order valence-electron chi connectivity index (χ0n) is 13.1. The van der Waals surface area contributed by atoms with Gasteiger partial charge in [-0.3, -0.25) is 0 Å². The van der Waals surface area contributed by atoms with Crippen LogP contribution in [0.25, 0.3) is 0 Å². The SMILES string of the molecule is CC(C)(C)OC(=O)NCCc1cncn1C1CCOCC1. The Morgan fingerprint density at radius 1 is 1.48 bits per heavy atom. The maximum absolute atomic E-state index is 11.6. The Bertz CT molecular complexity index is 459. The minimum absolute atomic E-state index is 0.375. The van der Waals surface area contributed by atoms with Crippen molar-refractivity contribution < 1.29 is 14.3 Å². The molecular formula is C15H25N3O3. The van der Waals surface area contributed by atoms with Crippen molar-refractivity contribution in [2.24, 2.45) is 0 Å². The van der Waals surface area contributed by atoms with Crippen LogP contribution in [0.4, 0.5) is 4.79 Å². The second-order valence-electron chi connectivity index (χ2n) is 6.31. The molecular weight excluding hydrogens is 270 g/mol. The molecule has 2 heterocycles. The molecule has 1 aromatic heterocycles. The van der Waals surface area contributed by atoms with E-state index in [0.717, 1.165) is 38.2 Å². The van der Waals surface area contributed by atoms with Gasteiger partial charge in [0.05, 0.1) is 6.33 Å². The van der Waals surface area contributed by atoms with Gasteiger partial charge in [-0.05, 0) is 33.6 Å². The first-order chi connectivity index (χ1) is 9.96. The molecule has 0 saturated carbocycles. The van der Waals surface area contributed by atoms with Crippen molar-refractivity contribution in [2.75, 3.05) is 19.8 Å². The molecule has 21 heavy (non-hydrogen) atoms. The predicted octanol–water partition coefficient (Wildman–Crippen LogP) is 2.30. The molecule has 0 unspecified atom stereocenters. The molecule has 0 spiro atoms. The number of amides is 1. The van der Waals surface area contributed by atoms with Crippen molar-refractivity contribution in [3.05, 3.63) is 18.2 Å². The number of hydrogen-bond acceptors (Lipinski definition) is 4. The molecule has 2 rings (SSSR count). The average Bonchev–Trinajstić information content (AvgIpc) is 2.86. The minimum atomic E-state index is -0.464. The first kappa shape index (κ1) is 15.8. The van der Waals surface area contributed by atoms with Crippen LogP contribution in [0.15, 0.2) is 12.5 Å². The number of nitrogens with one attached hydrogen (secondary N) is 1. The lowest BCUT2D eigenvalue weighted by Gasteiger charge is -2.25. The van der Waals surface area contributed by atoms with E-state index in [0.29, 0.717) is 12.6 Å². The number of rotatable bonds is 4. The van der Waals surface area contributed by atoms with Crippen LogP contribution >= 0.6 is 0 Å². The van der Waals surface area contributed by atoms with E-state index in [4.69, 9.17) is 9.47 Å². The highest BCUT2D eigenvalue weighted by Crippen LogP contribution is 2.22. The van der Waals surface area contributed by atoms with Crippen molar-refractivity contribution in [3.63, 3.8) is 0 Å². The summed E-state index contributed by atoms with van der Waals surface area (Å²) < 4.78 is 12.8. The Hall–Kier alpha value is -1.56. The summed E-state index contributed by atoms with van der Waals surface area (Å²) in [4.78, 5) is 15.8. The zero-order valence-corrected chi connectivity index (χ0v) is 13.1. The van der Waals surface area contributed by atoms with Crippen molar-refractivity contribution in [1.82, 2.24) is 14.9 Å². The number of alkyl carbamates (subject to hydrolysis) is 1. The van der Waals surface area contributed by atoms with E-state index in [1.54, 1.807) is 0 Å². The number of imidazole rings is 1. The van der Waals surface area contributed by atoms with Gasteiger partial charge >= 0.3 is 6.09 Å². The summed E-state index contributed by atoms with van der Waals surface area (Å²) in [5.41, 5.74) is 0.673. The molecule has 1 N–H and O–H groups in total. The van der Waals surface area contributed by atoms with Gasteiger partial charge in [0.1, 0.15) is 5.60 Å². The smallest absolute Gasteiger partial charge is 0.407 e. The van der Waals surface area contributed by atoms with Gasteiger partial charge in [0, 0.05) is 44.1 Å². The Balaban J connectivity index is 1.81. The molecule has 6 nitrogen and oxygen atoms in total. The second kappa shape index (κ2) is 6.93. The van der Waals surface area contributed by atoms with Crippen LogP contribution in [0.1, 0.15) is 45.3 Å². The van der Waals surface area contributed by atoms with Crippen LogP contribution in [0, 0.1) is 0 Å². The van der Waals surface area contributed by atoms with E-state index < -0.39 is 5.60 Å². The Morgan fingerprint density at radius 3 is 2.86 bits per heavy atom. The highest BCUT2D eigenvalue weighted by atomic mass is 16.6. The van der Waals surface area contributed by atoms with Crippen LogP contribution in [0.5, 0.6) is 0 Å². The predicted molar refractivity (Wildman–Crippen MR) is 79.3 cm³/mol. The van der Waals surface area contributed by atoms with Crippen LogP contribution < -0.4 is 5.32 Å². The number of hydrogen-bond donors (Lipinski definition) is 1. The number of carbonyl (C=O) groups is 1. The molecule has 1 saturated heterocycles. The number of ether oxygens (including phenoxy) is 2. The van der Waals surface area contributed by atoms with Gasteiger partial charge in [-0.2, -0.15) is 0 Å². The number of carbonyl (C=O) groups excluding carboxylic acids is 1. The Kier molecular flexibility index (Phi) is 5.22.